The third-order valence-corrected chi connectivity index (χ3v) is 3.92. The van der Waals surface area contributed by atoms with Crippen molar-refractivity contribution in [2.75, 3.05) is 6.61 Å². The highest BCUT2D eigenvalue weighted by atomic mass is 35.5. The molecule has 3 rings (SSSR count). The first-order chi connectivity index (χ1) is 9.15. The molecule has 2 aliphatic rings. The molecule has 1 saturated carbocycles. The van der Waals surface area contributed by atoms with Crippen LogP contribution in [0.5, 0.6) is 5.75 Å². The van der Waals surface area contributed by atoms with Gasteiger partial charge in [0.1, 0.15) is 11.8 Å². The molecule has 0 aromatic heterocycles. The summed E-state index contributed by atoms with van der Waals surface area (Å²) < 4.78 is 5.61. The Morgan fingerprint density at radius 1 is 1.53 bits per heavy atom. The van der Waals surface area contributed by atoms with Crippen LogP contribution in [-0.4, -0.2) is 23.7 Å². The SMILES string of the molecule is O=C(O)C(NCc1cc(Cl)cc2c1OCC2)C1CC1. The summed E-state index contributed by atoms with van der Waals surface area (Å²) in [5.74, 6) is 0.365. The maximum Gasteiger partial charge on any atom is 0.320 e. The summed E-state index contributed by atoms with van der Waals surface area (Å²) in [6.45, 7) is 1.16. The molecule has 1 aliphatic heterocycles. The summed E-state index contributed by atoms with van der Waals surface area (Å²) in [5.41, 5.74) is 2.06. The molecule has 5 heteroatoms. The number of aliphatic carboxylic acids is 1. The summed E-state index contributed by atoms with van der Waals surface area (Å²) >= 11 is 6.08. The average molecular weight is 282 g/mol. The molecular formula is C14H16ClNO3. The van der Waals surface area contributed by atoms with Crippen molar-refractivity contribution >= 4 is 17.6 Å². The predicted molar refractivity (Wildman–Crippen MR) is 71.6 cm³/mol. The smallest absolute Gasteiger partial charge is 0.320 e. The molecule has 0 spiro atoms. The van der Waals surface area contributed by atoms with Crippen molar-refractivity contribution in [1.82, 2.24) is 5.32 Å². The third kappa shape index (κ3) is 2.69. The van der Waals surface area contributed by atoms with Gasteiger partial charge in [0.05, 0.1) is 6.61 Å². The minimum absolute atomic E-state index is 0.269. The second-order valence-corrected chi connectivity index (χ2v) is 5.62. The quantitative estimate of drug-likeness (QED) is 0.869. The average Bonchev–Trinajstić information content (AvgIpc) is 3.06. The van der Waals surface area contributed by atoms with Crippen LogP contribution in [0.2, 0.25) is 5.02 Å². The second kappa shape index (κ2) is 5.02. The van der Waals surface area contributed by atoms with E-state index >= 15 is 0 Å². The van der Waals surface area contributed by atoms with Gasteiger partial charge in [-0.25, -0.2) is 0 Å². The molecule has 4 nitrogen and oxygen atoms in total. The monoisotopic (exact) mass is 281 g/mol. The lowest BCUT2D eigenvalue weighted by Crippen LogP contribution is -2.38. The zero-order valence-corrected chi connectivity index (χ0v) is 11.2. The van der Waals surface area contributed by atoms with E-state index in [0.717, 1.165) is 36.1 Å². The number of hydrogen-bond donors (Lipinski definition) is 2. The Morgan fingerprint density at radius 2 is 2.32 bits per heavy atom. The van der Waals surface area contributed by atoms with Gasteiger partial charge in [0, 0.05) is 23.6 Å². The molecule has 2 N–H and O–H groups in total. The van der Waals surface area contributed by atoms with Gasteiger partial charge in [-0.2, -0.15) is 0 Å². The van der Waals surface area contributed by atoms with Crippen LogP contribution in [0.15, 0.2) is 12.1 Å². The van der Waals surface area contributed by atoms with Gasteiger partial charge in [-0.3, -0.25) is 10.1 Å². The number of halogens is 1. The van der Waals surface area contributed by atoms with Crippen LogP contribution in [0, 0.1) is 5.92 Å². The van der Waals surface area contributed by atoms with Gasteiger partial charge in [-0.05, 0) is 36.5 Å². The van der Waals surface area contributed by atoms with Crippen molar-refractivity contribution in [2.45, 2.75) is 31.8 Å². The molecule has 0 bridgehead atoms. The molecule has 19 heavy (non-hydrogen) atoms. The molecule has 0 amide bonds. The summed E-state index contributed by atoms with van der Waals surface area (Å²) in [7, 11) is 0. The summed E-state index contributed by atoms with van der Waals surface area (Å²) in [4.78, 5) is 11.2. The van der Waals surface area contributed by atoms with E-state index in [2.05, 4.69) is 5.32 Å². The van der Waals surface area contributed by atoms with Crippen molar-refractivity contribution in [3.63, 3.8) is 0 Å². The van der Waals surface area contributed by atoms with Gasteiger partial charge in [-0.1, -0.05) is 11.6 Å². The Labute approximate surface area is 116 Å². The van der Waals surface area contributed by atoms with Crippen LogP contribution in [0.25, 0.3) is 0 Å². The number of hydrogen-bond acceptors (Lipinski definition) is 3. The van der Waals surface area contributed by atoms with Crippen LogP contribution >= 0.6 is 11.6 Å². The maximum atomic E-state index is 11.2. The molecule has 1 fully saturated rings. The van der Waals surface area contributed by atoms with Gasteiger partial charge in [0.25, 0.3) is 0 Å². The fraction of sp³-hybridized carbons (Fsp3) is 0.500. The molecule has 1 aromatic carbocycles. The van der Waals surface area contributed by atoms with Crippen molar-refractivity contribution in [3.05, 3.63) is 28.3 Å². The molecule has 1 atom stereocenters. The van der Waals surface area contributed by atoms with Crippen LogP contribution in [0.3, 0.4) is 0 Å². The summed E-state index contributed by atoms with van der Waals surface area (Å²) in [6, 6.07) is 3.31. The first-order valence-electron chi connectivity index (χ1n) is 6.55. The van der Waals surface area contributed by atoms with Gasteiger partial charge in [0.2, 0.25) is 0 Å². The normalized spacial score (nSPS) is 18.8. The second-order valence-electron chi connectivity index (χ2n) is 5.19. The zero-order valence-electron chi connectivity index (χ0n) is 10.5. The highest BCUT2D eigenvalue weighted by molar-refractivity contribution is 6.30. The highest BCUT2D eigenvalue weighted by Gasteiger charge is 2.36. The van der Waals surface area contributed by atoms with E-state index in [1.165, 1.54) is 0 Å². The first kappa shape index (κ1) is 12.8. The minimum Gasteiger partial charge on any atom is -0.493 e. The van der Waals surface area contributed by atoms with E-state index in [4.69, 9.17) is 16.3 Å². The van der Waals surface area contributed by atoms with Gasteiger partial charge >= 0.3 is 5.97 Å². The number of carboxylic acid groups (broad SMARTS) is 1. The molecule has 1 unspecified atom stereocenters. The lowest BCUT2D eigenvalue weighted by molar-refractivity contribution is -0.140. The van der Waals surface area contributed by atoms with E-state index in [1.54, 1.807) is 0 Å². The lowest BCUT2D eigenvalue weighted by atomic mass is 10.1. The Balaban J connectivity index is 1.74. The summed E-state index contributed by atoms with van der Waals surface area (Å²) in [5, 5.41) is 13.0. The molecule has 1 aromatic rings. The third-order valence-electron chi connectivity index (χ3n) is 3.70. The minimum atomic E-state index is -0.776. The largest absolute Gasteiger partial charge is 0.493 e. The van der Waals surface area contributed by atoms with Crippen molar-refractivity contribution in [2.24, 2.45) is 5.92 Å². The molecule has 0 saturated heterocycles. The van der Waals surface area contributed by atoms with Gasteiger partial charge in [0.15, 0.2) is 0 Å². The van der Waals surface area contributed by atoms with Crippen molar-refractivity contribution in [3.8, 4) is 5.75 Å². The Kier molecular flexibility index (Phi) is 3.37. The number of fused-ring (bicyclic) bond motifs is 1. The molecular weight excluding hydrogens is 266 g/mol. The molecule has 1 heterocycles. The van der Waals surface area contributed by atoms with Crippen LogP contribution in [0.4, 0.5) is 0 Å². The Bertz CT molecular complexity index is 514. The number of benzene rings is 1. The number of ether oxygens (including phenoxy) is 1. The zero-order chi connectivity index (χ0) is 13.4. The Morgan fingerprint density at radius 3 is 3.00 bits per heavy atom. The van der Waals surface area contributed by atoms with Gasteiger partial charge < -0.3 is 9.84 Å². The molecule has 0 radical (unpaired) electrons. The van der Waals surface area contributed by atoms with Crippen molar-refractivity contribution < 1.29 is 14.6 Å². The van der Waals surface area contributed by atoms with E-state index in [0.29, 0.717) is 18.2 Å². The fourth-order valence-electron chi connectivity index (χ4n) is 2.58. The van der Waals surface area contributed by atoms with Crippen LogP contribution in [-0.2, 0) is 17.8 Å². The first-order valence-corrected chi connectivity index (χ1v) is 6.93. The standard InChI is InChI=1S/C14H16ClNO3/c15-11-5-9-3-4-19-13(9)10(6-11)7-16-12(14(17)18)8-1-2-8/h5-6,8,12,16H,1-4,7H2,(H,17,18). The van der Waals surface area contributed by atoms with E-state index in [1.807, 2.05) is 12.1 Å². The summed E-state index contributed by atoms with van der Waals surface area (Å²) in [6.07, 6.45) is 2.86. The predicted octanol–water partition coefficient (Wildman–Crippen LogP) is 2.23. The molecule has 102 valence electrons. The van der Waals surface area contributed by atoms with Crippen LogP contribution < -0.4 is 10.1 Å². The van der Waals surface area contributed by atoms with Gasteiger partial charge in [-0.15, -0.1) is 0 Å². The number of carboxylic acids is 1. The van der Waals surface area contributed by atoms with E-state index in [-0.39, 0.29) is 5.92 Å². The molecule has 1 aliphatic carbocycles. The topological polar surface area (TPSA) is 58.6 Å². The highest BCUT2D eigenvalue weighted by Crippen LogP contribution is 2.35. The van der Waals surface area contributed by atoms with E-state index in [9.17, 15) is 9.90 Å². The Hall–Kier alpha value is -1.26. The van der Waals surface area contributed by atoms with E-state index < -0.39 is 12.0 Å². The number of carbonyl (C=O) groups is 1. The maximum absolute atomic E-state index is 11.2. The fourth-order valence-corrected chi connectivity index (χ4v) is 2.85. The number of nitrogens with one attached hydrogen (secondary N) is 1. The van der Waals surface area contributed by atoms with Crippen molar-refractivity contribution in [1.29, 1.82) is 0 Å². The number of rotatable bonds is 5. The lowest BCUT2D eigenvalue weighted by Gasteiger charge is -2.15. The van der Waals surface area contributed by atoms with Crippen LogP contribution in [0.1, 0.15) is 24.0 Å².